The quantitative estimate of drug-likeness (QED) is 0.883. The van der Waals surface area contributed by atoms with Crippen molar-refractivity contribution in [2.75, 3.05) is 5.32 Å². The molecule has 0 aromatic heterocycles. The van der Waals surface area contributed by atoms with E-state index in [1.807, 2.05) is 24.3 Å². The first-order valence-corrected chi connectivity index (χ1v) is 6.89. The van der Waals surface area contributed by atoms with Gasteiger partial charge in [-0.15, -0.1) is 0 Å². The van der Waals surface area contributed by atoms with Gasteiger partial charge in [-0.3, -0.25) is 4.79 Å². The topological polar surface area (TPSA) is 55.1 Å². The molecule has 0 heterocycles. The first-order valence-electron chi connectivity index (χ1n) is 6.51. The fourth-order valence-corrected chi connectivity index (χ4v) is 2.28. The van der Waals surface area contributed by atoms with Gasteiger partial charge in [-0.05, 0) is 35.7 Å². The number of primary amides is 1. The lowest BCUT2D eigenvalue weighted by Gasteiger charge is -2.12. The smallest absolute Gasteiger partial charge is 0.248 e. The number of rotatable bonds is 5. The van der Waals surface area contributed by atoms with Crippen molar-refractivity contribution in [3.63, 3.8) is 0 Å². The number of aryl methyl sites for hydroxylation is 1. The van der Waals surface area contributed by atoms with E-state index >= 15 is 0 Å². The molecule has 0 saturated carbocycles. The Hall–Kier alpha value is -2.00. The van der Waals surface area contributed by atoms with Gasteiger partial charge in [-0.2, -0.15) is 0 Å². The Kier molecular flexibility index (Phi) is 4.64. The van der Waals surface area contributed by atoms with Crippen LogP contribution in [-0.2, 0) is 13.0 Å². The molecular weight excluding hydrogens is 272 g/mol. The molecule has 20 heavy (non-hydrogen) atoms. The monoisotopic (exact) mass is 288 g/mol. The molecule has 0 spiro atoms. The van der Waals surface area contributed by atoms with Crippen LogP contribution >= 0.6 is 11.6 Å². The van der Waals surface area contributed by atoms with Crippen molar-refractivity contribution < 1.29 is 4.79 Å². The highest BCUT2D eigenvalue weighted by Gasteiger charge is 2.06. The molecule has 2 aromatic rings. The lowest BCUT2D eigenvalue weighted by Crippen LogP contribution is -2.11. The molecule has 0 saturated heterocycles. The summed E-state index contributed by atoms with van der Waals surface area (Å²) >= 11 is 6.17. The maximum Gasteiger partial charge on any atom is 0.248 e. The van der Waals surface area contributed by atoms with Gasteiger partial charge in [-0.1, -0.05) is 42.8 Å². The Morgan fingerprint density at radius 3 is 2.60 bits per heavy atom. The standard InChI is InChI=1S/C16H17ClN2O/c1-2-11-5-3-4-6-15(11)19-10-13-8-7-12(16(18)20)9-14(13)17/h3-9,19H,2,10H2,1H3,(H2,18,20). The summed E-state index contributed by atoms with van der Waals surface area (Å²) in [6.07, 6.45) is 0.970. The van der Waals surface area contributed by atoms with Crippen molar-refractivity contribution in [2.24, 2.45) is 5.73 Å². The molecule has 0 aliphatic carbocycles. The van der Waals surface area contributed by atoms with Crippen molar-refractivity contribution >= 4 is 23.2 Å². The van der Waals surface area contributed by atoms with Crippen molar-refractivity contribution in [3.8, 4) is 0 Å². The van der Waals surface area contributed by atoms with Crippen LogP contribution in [0.2, 0.25) is 5.02 Å². The van der Waals surface area contributed by atoms with Crippen LogP contribution in [0.1, 0.15) is 28.4 Å². The number of hydrogen-bond acceptors (Lipinski definition) is 2. The van der Waals surface area contributed by atoms with Crippen LogP contribution in [0.4, 0.5) is 5.69 Å². The number of para-hydroxylation sites is 1. The minimum absolute atomic E-state index is 0.424. The van der Waals surface area contributed by atoms with Crippen molar-refractivity contribution in [2.45, 2.75) is 19.9 Å². The number of nitrogens with two attached hydrogens (primary N) is 1. The Balaban J connectivity index is 2.13. The first kappa shape index (κ1) is 14.4. The second-order valence-corrected chi connectivity index (χ2v) is 4.94. The van der Waals surface area contributed by atoms with E-state index in [4.69, 9.17) is 17.3 Å². The number of benzene rings is 2. The van der Waals surface area contributed by atoms with Gasteiger partial charge in [0.2, 0.25) is 5.91 Å². The fraction of sp³-hybridized carbons (Fsp3) is 0.188. The molecule has 3 N–H and O–H groups in total. The number of hydrogen-bond donors (Lipinski definition) is 2. The highest BCUT2D eigenvalue weighted by molar-refractivity contribution is 6.31. The van der Waals surface area contributed by atoms with Crippen molar-refractivity contribution in [1.82, 2.24) is 0 Å². The zero-order chi connectivity index (χ0) is 14.5. The van der Waals surface area contributed by atoms with Crippen molar-refractivity contribution in [3.05, 3.63) is 64.2 Å². The maximum atomic E-state index is 11.1. The SMILES string of the molecule is CCc1ccccc1NCc1ccc(C(N)=O)cc1Cl. The van der Waals surface area contributed by atoms with Gasteiger partial charge in [0.1, 0.15) is 0 Å². The minimum Gasteiger partial charge on any atom is -0.381 e. The summed E-state index contributed by atoms with van der Waals surface area (Å²) in [6, 6.07) is 13.3. The van der Waals surface area contributed by atoms with Crippen LogP contribution in [0.15, 0.2) is 42.5 Å². The lowest BCUT2D eigenvalue weighted by molar-refractivity contribution is 0.100. The molecule has 104 valence electrons. The van der Waals surface area contributed by atoms with Crippen molar-refractivity contribution in [1.29, 1.82) is 0 Å². The number of halogens is 1. The number of nitrogens with one attached hydrogen (secondary N) is 1. The molecule has 4 heteroatoms. The van der Waals surface area contributed by atoms with E-state index in [0.717, 1.165) is 17.7 Å². The molecule has 0 unspecified atom stereocenters. The van der Waals surface area contributed by atoms with Gasteiger partial charge in [-0.25, -0.2) is 0 Å². The van der Waals surface area contributed by atoms with E-state index in [2.05, 4.69) is 18.3 Å². The molecule has 0 radical (unpaired) electrons. The number of carbonyl (C=O) groups excluding carboxylic acids is 1. The lowest BCUT2D eigenvalue weighted by atomic mass is 10.1. The van der Waals surface area contributed by atoms with E-state index in [-0.39, 0.29) is 0 Å². The van der Waals surface area contributed by atoms with E-state index < -0.39 is 5.91 Å². The molecule has 0 fully saturated rings. The third kappa shape index (κ3) is 3.31. The van der Waals surface area contributed by atoms with E-state index in [1.54, 1.807) is 12.1 Å². The summed E-state index contributed by atoms with van der Waals surface area (Å²) in [4.78, 5) is 11.1. The molecule has 0 bridgehead atoms. The van der Waals surface area contributed by atoms with Gasteiger partial charge in [0.25, 0.3) is 0 Å². The van der Waals surface area contributed by atoms with Crippen LogP contribution in [0.25, 0.3) is 0 Å². The second-order valence-electron chi connectivity index (χ2n) is 4.53. The maximum absolute atomic E-state index is 11.1. The zero-order valence-corrected chi connectivity index (χ0v) is 12.1. The zero-order valence-electron chi connectivity index (χ0n) is 11.3. The minimum atomic E-state index is -0.470. The highest BCUT2D eigenvalue weighted by Crippen LogP contribution is 2.21. The molecule has 3 nitrogen and oxygen atoms in total. The number of anilines is 1. The molecule has 2 aromatic carbocycles. The average Bonchev–Trinajstić information content (AvgIpc) is 2.46. The van der Waals surface area contributed by atoms with Gasteiger partial charge in [0.05, 0.1) is 0 Å². The van der Waals surface area contributed by atoms with Crippen LogP contribution in [0, 0.1) is 0 Å². The van der Waals surface area contributed by atoms with Gasteiger partial charge in [0.15, 0.2) is 0 Å². The van der Waals surface area contributed by atoms with E-state index in [0.29, 0.717) is 17.1 Å². The fourth-order valence-electron chi connectivity index (χ4n) is 2.04. The second kappa shape index (κ2) is 6.44. The van der Waals surface area contributed by atoms with Gasteiger partial charge >= 0.3 is 0 Å². The number of amides is 1. The molecular formula is C16H17ClN2O. The summed E-state index contributed by atoms with van der Waals surface area (Å²) in [6.45, 7) is 2.73. The average molecular weight is 289 g/mol. The van der Waals surface area contributed by atoms with E-state index in [1.165, 1.54) is 5.56 Å². The normalized spacial score (nSPS) is 10.3. The Morgan fingerprint density at radius 1 is 1.20 bits per heavy atom. The summed E-state index contributed by atoms with van der Waals surface area (Å²) in [5, 5.41) is 3.91. The summed E-state index contributed by atoms with van der Waals surface area (Å²) in [5.41, 5.74) is 8.94. The summed E-state index contributed by atoms with van der Waals surface area (Å²) in [5.74, 6) is -0.470. The highest BCUT2D eigenvalue weighted by atomic mass is 35.5. The predicted octanol–water partition coefficient (Wildman–Crippen LogP) is 3.61. The molecule has 1 amide bonds. The molecule has 2 rings (SSSR count). The molecule has 0 atom stereocenters. The Labute approximate surface area is 123 Å². The molecule has 0 aliphatic rings. The number of carbonyl (C=O) groups is 1. The van der Waals surface area contributed by atoms with Gasteiger partial charge in [0, 0.05) is 22.8 Å². The summed E-state index contributed by atoms with van der Waals surface area (Å²) < 4.78 is 0. The third-order valence-corrected chi connectivity index (χ3v) is 3.56. The molecule has 0 aliphatic heterocycles. The largest absolute Gasteiger partial charge is 0.381 e. The van der Waals surface area contributed by atoms with Crippen LogP contribution < -0.4 is 11.1 Å². The third-order valence-electron chi connectivity index (χ3n) is 3.21. The Morgan fingerprint density at radius 2 is 1.95 bits per heavy atom. The first-order chi connectivity index (χ1) is 9.61. The van der Waals surface area contributed by atoms with E-state index in [9.17, 15) is 4.79 Å². The van der Waals surface area contributed by atoms with Crippen LogP contribution in [0.5, 0.6) is 0 Å². The van der Waals surface area contributed by atoms with Gasteiger partial charge < -0.3 is 11.1 Å². The van der Waals surface area contributed by atoms with Crippen LogP contribution in [-0.4, -0.2) is 5.91 Å². The predicted molar refractivity (Wildman–Crippen MR) is 83.1 cm³/mol. The summed E-state index contributed by atoms with van der Waals surface area (Å²) in [7, 11) is 0. The van der Waals surface area contributed by atoms with Crippen LogP contribution in [0.3, 0.4) is 0 Å². The Bertz CT molecular complexity index is 626.